The van der Waals surface area contributed by atoms with Crippen LogP contribution in [0.3, 0.4) is 0 Å². The van der Waals surface area contributed by atoms with Gasteiger partial charge in [0.25, 0.3) is 5.91 Å². The second kappa shape index (κ2) is 12.8. The molecule has 0 bridgehead atoms. The summed E-state index contributed by atoms with van der Waals surface area (Å²) >= 11 is 3.58. The summed E-state index contributed by atoms with van der Waals surface area (Å²) in [6.07, 6.45) is 0. The number of carbonyl (C=O) groups excluding carboxylic acids is 1. The molecule has 0 atom stereocenters. The summed E-state index contributed by atoms with van der Waals surface area (Å²) in [4.78, 5) is 14.7. The van der Waals surface area contributed by atoms with Crippen LogP contribution in [0.15, 0.2) is 40.9 Å². The van der Waals surface area contributed by atoms with E-state index in [9.17, 15) is 4.79 Å². The Kier molecular flexibility index (Phi) is 9.80. The molecule has 1 saturated heterocycles. The van der Waals surface area contributed by atoms with Crippen LogP contribution in [0.5, 0.6) is 11.5 Å². The van der Waals surface area contributed by atoms with Crippen LogP contribution < -0.4 is 20.1 Å². The maximum atomic E-state index is 12.3. The molecule has 1 amide bonds. The average molecular weight is 506 g/mol. The third-order valence-corrected chi connectivity index (χ3v) is 5.68. The predicted molar refractivity (Wildman–Crippen MR) is 130 cm³/mol. The largest absolute Gasteiger partial charge is 0.490 e. The summed E-state index contributed by atoms with van der Waals surface area (Å²) in [5, 5.41) is 6.32. The van der Waals surface area contributed by atoms with Gasteiger partial charge in [-0.1, -0.05) is 17.7 Å². The van der Waals surface area contributed by atoms with Gasteiger partial charge in [0.2, 0.25) is 0 Å². The number of nitrogens with zero attached hydrogens (tertiary/aromatic N) is 1. The van der Waals surface area contributed by atoms with E-state index in [-0.39, 0.29) is 12.5 Å². The lowest BCUT2D eigenvalue weighted by Crippen LogP contribution is -2.40. The van der Waals surface area contributed by atoms with Gasteiger partial charge in [0.05, 0.1) is 24.3 Å². The van der Waals surface area contributed by atoms with Crippen LogP contribution in [0, 0.1) is 6.92 Å². The highest BCUT2D eigenvalue weighted by molar-refractivity contribution is 9.10. The summed E-state index contributed by atoms with van der Waals surface area (Å²) in [5.41, 5.74) is 2.96. The van der Waals surface area contributed by atoms with Gasteiger partial charge < -0.3 is 24.8 Å². The summed E-state index contributed by atoms with van der Waals surface area (Å²) < 4.78 is 17.7. The number of benzene rings is 2. The fourth-order valence-electron chi connectivity index (χ4n) is 3.39. The van der Waals surface area contributed by atoms with Crippen molar-refractivity contribution >= 4 is 27.5 Å². The van der Waals surface area contributed by atoms with E-state index in [2.05, 4.69) is 31.5 Å². The Bertz CT molecular complexity index is 870. The molecule has 0 aliphatic carbocycles. The van der Waals surface area contributed by atoms with Crippen molar-refractivity contribution in [2.75, 3.05) is 57.9 Å². The lowest BCUT2D eigenvalue weighted by atomic mass is 10.2. The molecule has 174 valence electrons. The number of anilines is 1. The van der Waals surface area contributed by atoms with Crippen molar-refractivity contribution in [1.29, 1.82) is 0 Å². The Hall–Kier alpha value is -2.13. The molecule has 1 aliphatic heterocycles. The molecule has 8 heteroatoms. The average Bonchev–Trinajstić information content (AvgIpc) is 2.79. The van der Waals surface area contributed by atoms with Gasteiger partial charge in [-0.2, -0.15) is 0 Å². The molecule has 7 nitrogen and oxygen atoms in total. The minimum absolute atomic E-state index is 0.107. The van der Waals surface area contributed by atoms with Gasteiger partial charge in [0.1, 0.15) is 0 Å². The number of morpholine rings is 1. The SMILES string of the molecule is CCOc1cc(CNCCN2CCOCC2)cc(Br)c1OCC(=O)Nc1ccc(C)cc1. The number of carbonyl (C=O) groups is 1. The second-order valence-electron chi connectivity index (χ2n) is 7.67. The number of rotatable bonds is 11. The molecule has 2 N–H and O–H groups in total. The molecule has 0 unspecified atom stereocenters. The maximum absolute atomic E-state index is 12.3. The Labute approximate surface area is 198 Å². The fraction of sp³-hybridized carbons (Fsp3) is 0.458. The van der Waals surface area contributed by atoms with Gasteiger partial charge in [-0.05, 0) is 59.6 Å². The molecule has 32 heavy (non-hydrogen) atoms. The normalized spacial score (nSPS) is 14.2. The van der Waals surface area contributed by atoms with E-state index in [1.54, 1.807) is 0 Å². The van der Waals surface area contributed by atoms with Crippen LogP contribution in [-0.2, 0) is 16.1 Å². The summed E-state index contributed by atoms with van der Waals surface area (Å²) in [6.45, 7) is 10.6. The fourth-order valence-corrected chi connectivity index (χ4v) is 4.00. The van der Waals surface area contributed by atoms with Gasteiger partial charge in [0.15, 0.2) is 18.1 Å². The molecule has 0 saturated carbocycles. The Balaban J connectivity index is 1.53. The van der Waals surface area contributed by atoms with Crippen molar-refractivity contribution in [1.82, 2.24) is 10.2 Å². The van der Waals surface area contributed by atoms with Crippen LogP contribution in [0.2, 0.25) is 0 Å². The van der Waals surface area contributed by atoms with Crippen LogP contribution >= 0.6 is 15.9 Å². The molecular weight excluding hydrogens is 474 g/mol. The summed E-state index contributed by atoms with van der Waals surface area (Å²) in [6, 6.07) is 11.6. The Morgan fingerprint density at radius 2 is 1.91 bits per heavy atom. The number of aryl methyl sites for hydroxylation is 1. The van der Waals surface area contributed by atoms with Crippen LogP contribution in [0.25, 0.3) is 0 Å². The first-order valence-electron chi connectivity index (χ1n) is 11.0. The number of hydrogen-bond donors (Lipinski definition) is 2. The number of hydrogen-bond acceptors (Lipinski definition) is 6. The molecular formula is C24H32BrN3O4. The molecule has 1 aliphatic rings. The van der Waals surface area contributed by atoms with Crippen LogP contribution in [0.1, 0.15) is 18.1 Å². The standard InChI is InChI=1S/C24H32BrN3O4/c1-3-31-22-15-19(16-26-8-9-28-10-12-30-13-11-28)14-21(25)24(22)32-17-23(29)27-20-6-4-18(2)5-7-20/h4-7,14-15,26H,3,8-13,16-17H2,1-2H3,(H,27,29). The van der Waals surface area contributed by atoms with E-state index in [1.807, 2.05) is 50.2 Å². The zero-order valence-electron chi connectivity index (χ0n) is 18.8. The summed E-state index contributed by atoms with van der Waals surface area (Å²) in [7, 11) is 0. The van der Waals surface area contributed by atoms with Crippen molar-refractivity contribution in [2.45, 2.75) is 20.4 Å². The molecule has 0 aromatic heterocycles. The van der Waals surface area contributed by atoms with E-state index < -0.39 is 0 Å². The van der Waals surface area contributed by atoms with E-state index in [1.165, 1.54) is 0 Å². The topological polar surface area (TPSA) is 72.1 Å². The van der Waals surface area contributed by atoms with E-state index in [0.717, 1.165) is 67.2 Å². The van der Waals surface area contributed by atoms with Gasteiger partial charge in [-0.25, -0.2) is 0 Å². The van der Waals surface area contributed by atoms with E-state index >= 15 is 0 Å². The first-order valence-corrected chi connectivity index (χ1v) is 11.8. The Morgan fingerprint density at radius 1 is 1.16 bits per heavy atom. The number of halogens is 1. The zero-order chi connectivity index (χ0) is 22.8. The third-order valence-electron chi connectivity index (χ3n) is 5.09. The number of nitrogens with one attached hydrogen (secondary N) is 2. The highest BCUT2D eigenvalue weighted by Gasteiger charge is 2.15. The lowest BCUT2D eigenvalue weighted by Gasteiger charge is -2.26. The lowest BCUT2D eigenvalue weighted by molar-refractivity contribution is -0.118. The molecule has 0 radical (unpaired) electrons. The Morgan fingerprint density at radius 3 is 2.62 bits per heavy atom. The molecule has 0 spiro atoms. The van der Waals surface area contributed by atoms with Crippen molar-refractivity contribution in [3.63, 3.8) is 0 Å². The first kappa shape index (κ1) is 24.5. The first-order chi connectivity index (χ1) is 15.5. The van der Waals surface area contributed by atoms with Crippen LogP contribution in [-0.4, -0.2) is 63.4 Å². The van der Waals surface area contributed by atoms with Gasteiger partial charge in [0, 0.05) is 38.4 Å². The predicted octanol–water partition coefficient (Wildman–Crippen LogP) is 3.60. The quantitative estimate of drug-likeness (QED) is 0.454. The second-order valence-corrected chi connectivity index (χ2v) is 8.53. The summed E-state index contributed by atoms with van der Waals surface area (Å²) in [5.74, 6) is 0.926. The van der Waals surface area contributed by atoms with E-state index in [0.29, 0.717) is 18.1 Å². The molecule has 2 aromatic rings. The van der Waals surface area contributed by atoms with Gasteiger partial charge in [-0.3, -0.25) is 9.69 Å². The maximum Gasteiger partial charge on any atom is 0.262 e. The van der Waals surface area contributed by atoms with Gasteiger partial charge in [-0.15, -0.1) is 0 Å². The van der Waals surface area contributed by atoms with Crippen molar-refractivity contribution in [3.8, 4) is 11.5 Å². The highest BCUT2D eigenvalue weighted by atomic mass is 79.9. The zero-order valence-corrected chi connectivity index (χ0v) is 20.4. The van der Waals surface area contributed by atoms with Crippen molar-refractivity contribution in [2.24, 2.45) is 0 Å². The smallest absolute Gasteiger partial charge is 0.262 e. The number of ether oxygens (including phenoxy) is 3. The molecule has 2 aromatic carbocycles. The minimum atomic E-state index is -0.225. The van der Waals surface area contributed by atoms with Crippen molar-refractivity contribution in [3.05, 3.63) is 52.0 Å². The molecule has 3 rings (SSSR count). The van der Waals surface area contributed by atoms with Crippen LogP contribution in [0.4, 0.5) is 5.69 Å². The van der Waals surface area contributed by atoms with Crippen molar-refractivity contribution < 1.29 is 19.0 Å². The monoisotopic (exact) mass is 505 g/mol. The minimum Gasteiger partial charge on any atom is -0.490 e. The number of amides is 1. The molecule has 1 heterocycles. The van der Waals surface area contributed by atoms with E-state index in [4.69, 9.17) is 14.2 Å². The van der Waals surface area contributed by atoms with Gasteiger partial charge >= 0.3 is 0 Å². The molecule has 1 fully saturated rings. The third kappa shape index (κ3) is 7.78. The highest BCUT2D eigenvalue weighted by Crippen LogP contribution is 2.37.